The molecular weight excluding hydrogens is 188 g/mol. The lowest BCUT2D eigenvalue weighted by Crippen LogP contribution is -2.36. The van der Waals surface area contributed by atoms with E-state index in [1.165, 1.54) is 6.42 Å². The Labute approximate surface area is 93.2 Å². The first-order valence-corrected chi connectivity index (χ1v) is 6.15. The third-order valence-corrected chi connectivity index (χ3v) is 3.21. The first-order chi connectivity index (χ1) is 7.15. The van der Waals surface area contributed by atoms with E-state index < -0.39 is 0 Å². The molecule has 0 aromatic rings. The van der Waals surface area contributed by atoms with E-state index in [1.54, 1.807) is 0 Å². The van der Waals surface area contributed by atoms with E-state index in [2.05, 4.69) is 26.1 Å². The van der Waals surface area contributed by atoms with Gasteiger partial charge in [0.1, 0.15) is 0 Å². The van der Waals surface area contributed by atoms with Crippen molar-refractivity contribution in [1.29, 1.82) is 0 Å². The van der Waals surface area contributed by atoms with Crippen LogP contribution in [0.3, 0.4) is 0 Å². The van der Waals surface area contributed by atoms with E-state index in [-0.39, 0.29) is 0 Å². The zero-order valence-electron chi connectivity index (χ0n) is 10.3. The van der Waals surface area contributed by atoms with Gasteiger partial charge in [0.2, 0.25) is 5.91 Å². The first kappa shape index (κ1) is 12.5. The normalized spacial score (nSPS) is 20.9. The second-order valence-electron chi connectivity index (χ2n) is 4.67. The maximum atomic E-state index is 11.9. The highest BCUT2D eigenvalue weighted by Crippen LogP contribution is 2.15. The van der Waals surface area contributed by atoms with E-state index in [4.69, 9.17) is 0 Å². The first-order valence-electron chi connectivity index (χ1n) is 6.15. The lowest BCUT2D eigenvalue weighted by molar-refractivity contribution is -0.132. The van der Waals surface area contributed by atoms with Crippen molar-refractivity contribution in [3.8, 4) is 0 Å². The van der Waals surface area contributed by atoms with E-state index >= 15 is 0 Å². The van der Waals surface area contributed by atoms with Gasteiger partial charge in [0.25, 0.3) is 0 Å². The topological polar surface area (TPSA) is 32.3 Å². The van der Waals surface area contributed by atoms with Crippen LogP contribution in [0, 0.1) is 5.92 Å². The molecule has 0 bridgehead atoms. The van der Waals surface area contributed by atoms with Gasteiger partial charge in [0, 0.05) is 19.0 Å². The SMILES string of the molecule is CCN(C(=O)CCC1CCNC1)C(C)C. The lowest BCUT2D eigenvalue weighted by Gasteiger charge is -2.25. The van der Waals surface area contributed by atoms with Crippen LogP contribution in [0.4, 0.5) is 0 Å². The molecule has 0 aromatic carbocycles. The number of carbonyl (C=O) groups excluding carboxylic acids is 1. The predicted octanol–water partition coefficient (Wildman–Crippen LogP) is 1.63. The minimum atomic E-state index is 0.319. The van der Waals surface area contributed by atoms with Crippen LogP contribution in [0.15, 0.2) is 0 Å². The molecule has 0 radical (unpaired) electrons. The number of carbonyl (C=O) groups is 1. The molecule has 3 heteroatoms. The summed E-state index contributed by atoms with van der Waals surface area (Å²) in [6.07, 6.45) is 3.01. The fourth-order valence-electron chi connectivity index (χ4n) is 2.26. The zero-order chi connectivity index (χ0) is 11.3. The molecule has 88 valence electrons. The largest absolute Gasteiger partial charge is 0.341 e. The van der Waals surface area contributed by atoms with E-state index in [1.807, 2.05) is 4.90 Å². The number of hydrogen-bond donors (Lipinski definition) is 1. The van der Waals surface area contributed by atoms with Crippen LogP contribution >= 0.6 is 0 Å². The Hall–Kier alpha value is -0.570. The van der Waals surface area contributed by atoms with Crippen LogP contribution in [0.25, 0.3) is 0 Å². The molecule has 1 atom stereocenters. The Morgan fingerprint density at radius 2 is 2.27 bits per heavy atom. The summed E-state index contributed by atoms with van der Waals surface area (Å²) in [4.78, 5) is 13.8. The maximum absolute atomic E-state index is 11.9. The maximum Gasteiger partial charge on any atom is 0.222 e. The second kappa shape index (κ2) is 6.11. The second-order valence-corrected chi connectivity index (χ2v) is 4.67. The van der Waals surface area contributed by atoms with Gasteiger partial charge < -0.3 is 10.2 Å². The van der Waals surface area contributed by atoms with Crippen LogP contribution in [0.5, 0.6) is 0 Å². The van der Waals surface area contributed by atoms with Crippen LogP contribution in [0.1, 0.15) is 40.0 Å². The predicted molar refractivity (Wildman–Crippen MR) is 62.7 cm³/mol. The lowest BCUT2D eigenvalue weighted by atomic mass is 10.0. The molecule has 1 saturated heterocycles. The molecule has 1 amide bonds. The van der Waals surface area contributed by atoms with Gasteiger partial charge in [0.05, 0.1) is 0 Å². The van der Waals surface area contributed by atoms with Crippen molar-refractivity contribution >= 4 is 5.91 Å². The third kappa shape index (κ3) is 3.82. The number of amides is 1. The molecule has 1 N–H and O–H groups in total. The Bertz CT molecular complexity index is 198. The van der Waals surface area contributed by atoms with Crippen molar-refractivity contribution in [1.82, 2.24) is 10.2 Å². The molecule has 1 heterocycles. The van der Waals surface area contributed by atoms with Crippen molar-refractivity contribution in [2.75, 3.05) is 19.6 Å². The molecule has 0 spiro atoms. The molecule has 1 unspecified atom stereocenters. The highest BCUT2D eigenvalue weighted by Gasteiger charge is 2.19. The van der Waals surface area contributed by atoms with Gasteiger partial charge >= 0.3 is 0 Å². The van der Waals surface area contributed by atoms with Gasteiger partial charge in [-0.05, 0) is 52.6 Å². The van der Waals surface area contributed by atoms with Crippen LogP contribution in [-0.2, 0) is 4.79 Å². The van der Waals surface area contributed by atoms with Crippen molar-refractivity contribution in [3.63, 3.8) is 0 Å². The smallest absolute Gasteiger partial charge is 0.222 e. The summed E-state index contributed by atoms with van der Waals surface area (Å²) in [6.45, 7) is 9.27. The average Bonchev–Trinajstić information content (AvgIpc) is 2.67. The summed E-state index contributed by atoms with van der Waals surface area (Å²) < 4.78 is 0. The number of hydrogen-bond acceptors (Lipinski definition) is 2. The van der Waals surface area contributed by atoms with Crippen molar-refractivity contribution < 1.29 is 4.79 Å². The molecule has 0 aliphatic carbocycles. The summed E-state index contributed by atoms with van der Waals surface area (Å²) in [6, 6.07) is 0.337. The molecule has 1 aliphatic rings. The van der Waals surface area contributed by atoms with Crippen molar-refractivity contribution in [2.45, 2.75) is 46.1 Å². The molecular formula is C12H24N2O. The zero-order valence-corrected chi connectivity index (χ0v) is 10.3. The molecule has 15 heavy (non-hydrogen) atoms. The minimum absolute atomic E-state index is 0.319. The van der Waals surface area contributed by atoms with Gasteiger partial charge in [-0.1, -0.05) is 0 Å². The van der Waals surface area contributed by atoms with Crippen LogP contribution in [-0.4, -0.2) is 36.5 Å². The quantitative estimate of drug-likeness (QED) is 0.751. The summed E-state index contributed by atoms with van der Waals surface area (Å²) in [5, 5.41) is 3.34. The summed E-state index contributed by atoms with van der Waals surface area (Å²) in [5.74, 6) is 1.04. The third-order valence-electron chi connectivity index (χ3n) is 3.21. The summed E-state index contributed by atoms with van der Waals surface area (Å²) in [7, 11) is 0. The number of rotatable bonds is 5. The average molecular weight is 212 g/mol. The van der Waals surface area contributed by atoms with Gasteiger partial charge in [-0.15, -0.1) is 0 Å². The highest BCUT2D eigenvalue weighted by atomic mass is 16.2. The highest BCUT2D eigenvalue weighted by molar-refractivity contribution is 5.76. The molecule has 1 rings (SSSR count). The summed E-state index contributed by atoms with van der Waals surface area (Å²) in [5.41, 5.74) is 0. The molecule has 0 saturated carbocycles. The van der Waals surface area contributed by atoms with Gasteiger partial charge in [-0.25, -0.2) is 0 Å². The molecule has 0 aromatic heterocycles. The molecule has 3 nitrogen and oxygen atoms in total. The number of nitrogens with zero attached hydrogens (tertiary/aromatic N) is 1. The standard InChI is InChI=1S/C12H24N2O/c1-4-14(10(2)3)12(15)6-5-11-7-8-13-9-11/h10-11,13H,4-9H2,1-3H3. The number of nitrogens with one attached hydrogen (secondary N) is 1. The molecule has 1 fully saturated rings. The fraction of sp³-hybridized carbons (Fsp3) is 0.917. The van der Waals surface area contributed by atoms with E-state index in [0.717, 1.165) is 38.4 Å². The molecule has 1 aliphatic heterocycles. The Balaban J connectivity index is 2.27. The fourth-order valence-corrected chi connectivity index (χ4v) is 2.26. The van der Waals surface area contributed by atoms with E-state index in [0.29, 0.717) is 11.9 Å². The van der Waals surface area contributed by atoms with Gasteiger partial charge in [-0.3, -0.25) is 4.79 Å². The minimum Gasteiger partial charge on any atom is -0.341 e. The van der Waals surface area contributed by atoms with Crippen molar-refractivity contribution in [2.24, 2.45) is 5.92 Å². The Kier molecular flexibility index (Phi) is 5.09. The Morgan fingerprint density at radius 3 is 2.73 bits per heavy atom. The van der Waals surface area contributed by atoms with Gasteiger partial charge in [0.15, 0.2) is 0 Å². The monoisotopic (exact) mass is 212 g/mol. The Morgan fingerprint density at radius 1 is 1.53 bits per heavy atom. The van der Waals surface area contributed by atoms with Crippen LogP contribution in [0.2, 0.25) is 0 Å². The van der Waals surface area contributed by atoms with Crippen molar-refractivity contribution in [3.05, 3.63) is 0 Å². The summed E-state index contributed by atoms with van der Waals surface area (Å²) >= 11 is 0. The van der Waals surface area contributed by atoms with Gasteiger partial charge in [-0.2, -0.15) is 0 Å². The van der Waals surface area contributed by atoms with Crippen LogP contribution < -0.4 is 5.32 Å². The van der Waals surface area contributed by atoms with E-state index in [9.17, 15) is 4.79 Å².